The van der Waals surface area contributed by atoms with Crippen molar-refractivity contribution in [3.8, 4) is 67.5 Å². The highest BCUT2D eigenvalue weighted by atomic mass is 16.3. The second-order valence-corrected chi connectivity index (χ2v) is 16.8. The number of phenolic OH excluding ortho intramolecular Hbond substituents is 4. The summed E-state index contributed by atoms with van der Waals surface area (Å²) in [7, 11) is 0. The molecular formula is C57H50O4. The molecule has 0 spiro atoms. The van der Waals surface area contributed by atoms with Crippen LogP contribution in [0.5, 0.6) is 23.0 Å². The van der Waals surface area contributed by atoms with Crippen LogP contribution in [-0.2, 0) is 5.41 Å². The lowest BCUT2D eigenvalue weighted by Gasteiger charge is -2.57. The van der Waals surface area contributed by atoms with Gasteiger partial charge in [0.2, 0.25) is 0 Å². The normalized spacial score (nSPS) is 13.9. The highest BCUT2D eigenvalue weighted by molar-refractivity contribution is 5.76. The molecule has 1 aliphatic carbocycles. The van der Waals surface area contributed by atoms with Crippen molar-refractivity contribution >= 4 is 0 Å². The van der Waals surface area contributed by atoms with Crippen LogP contribution in [-0.4, -0.2) is 20.4 Å². The predicted octanol–water partition coefficient (Wildman–Crippen LogP) is 14.3. The Morgan fingerprint density at radius 2 is 0.689 bits per heavy atom. The zero-order chi connectivity index (χ0) is 42.0. The molecule has 4 nitrogen and oxygen atoms in total. The Balaban J connectivity index is 1.38. The number of hydrogen-bond acceptors (Lipinski definition) is 4. The van der Waals surface area contributed by atoms with Crippen LogP contribution < -0.4 is 0 Å². The van der Waals surface area contributed by atoms with Crippen molar-refractivity contribution in [2.75, 3.05) is 0 Å². The topological polar surface area (TPSA) is 80.9 Å². The first-order chi connectivity index (χ1) is 29.8. The van der Waals surface area contributed by atoms with Crippen molar-refractivity contribution in [1.29, 1.82) is 0 Å². The molecule has 61 heavy (non-hydrogen) atoms. The first kappa shape index (κ1) is 39.4. The fourth-order valence-corrected chi connectivity index (χ4v) is 10.4. The fourth-order valence-electron chi connectivity index (χ4n) is 10.4. The molecule has 0 aromatic heterocycles. The smallest absolute Gasteiger partial charge is 0.123 e. The number of aromatic hydroxyl groups is 4. The molecule has 0 atom stereocenters. The van der Waals surface area contributed by atoms with Gasteiger partial charge in [-0.15, -0.1) is 0 Å². The molecule has 1 fully saturated rings. The summed E-state index contributed by atoms with van der Waals surface area (Å²) < 4.78 is 0. The van der Waals surface area contributed by atoms with Gasteiger partial charge < -0.3 is 20.4 Å². The molecule has 0 unspecified atom stereocenters. The predicted molar refractivity (Wildman–Crippen MR) is 248 cm³/mol. The third-order valence-electron chi connectivity index (χ3n) is 13.5. The van der Waals surface area contributed by atoms with Crippen molar-refractivity contribution in [2.24, 2.45) is 5.41 Å². The Labute approximate surface area is 358 Å². The van der Waals surface area contributed by atoms with E-state index in [2.05, 4.69) is 55.5 Å². The maximum absolute atomic E-state index is 11.5. The van der Waals surface area contributed by atoms with Crippen LogP contribution in [0, 0.1) is 5.41 Å². The second-order valence-electron chi connectivity index (χ2n) is 16.8. The summed E-state index contributed by atoms with van der Waals surface area (Å²) in [4.78, 5) is 0. The van der Waals surface area contributed by atoms with Gasteiger partial charge in [0, 0.05) is 33.6 Å². The van der Waals surface area contributed by atoms with Gasteiger partial charge in [-0.1, -0.05) is 172 Å². The average Bonchev–Trinajstić information content (AvgIpc) is 3.31. The molecule has 302 valence electrons. The van der Waals surface area contributed by atoms with Crippen LogP contribution in [0.2, 0.25) is 0 Å². The molecule has 8 aromatic rings. The summed E-state index contributed by atoms with van der Waals surface area (Å²) in [5, 5.41) is 46.1. The van der Waals surface area contributed by atoms with E-state index in [1.165, 1.54) is 0 Å². The summed E-state index contributed by atoms with van der Waals surface area (Å²) in [5.74, 6) is 0.578. The minimum Gasteiger partial charge on any atom is -0.507 e. The van der Waals surface area contributed by atoms with Crippen molar-refractivity contribution in [3.05, 3.63) is 216 Å². The molecule has 9 rings (SSSR count). The van der Waals surface area contributed by atoms with Crippen molar-refractivity contribution in [2.45, 2.75) is 50.4 Å². The Bertz CT molecular complexity index is 2600. The average molecular weight is 799 g/mol. The van der Waals surface area contributed by atoms with Gasteiger partial charge in [0.1, 0.15) is 23.0 Å². The van der Waals surface area contributed by atoms with Gasteiger partial charge in [-0.05, 0) is 111 Å². The van der Waals surface area contributed by atoms with E-state index < -0.39 is 10.8 Å². The van der Waals surface area contributed by atoms with Crippen LogP contribution in [0.3, 0.4) is 0 Å². The summed E-state index contributed by atoms with van der Waals surface area (Å²) >= 11 is 0. The Kier molecular flexibility index (Phi) is 10.7. The molecule has 0 heterocycles. The third kappa shape index (κ3) is 7.23. The molecule has 1 saturated carbocycles. The van der Waals surface area contributed by atoms with Gasteiger partial charge in [-0.2, -0.15) is 0 Å². The highest BCUT2D eigenvalue weighted by Gasteiger charge is 2.56. The zero-order valence-electron chi connectivity index (χ0n) is 34.4. The first-order valence-electron chi connectivity index (χ1n) is 21.3. The molecule has 4 N–H and O–H groups in total. The molecule has 0 radical (unpaired) electrons. The number of phenols is 4. The summed E-state index contributed by atoms with van der Waals surface area (Å²) in [5.41, 5.74) is 9.63. The van der Waals surface area contributed by atoms with E-state index >= 15 is 0 Å². The van der Waals surface area contributed by atoms with Crippen LogP contribution in [0.15, 0.2) is 194 Å². The quantitative estimate of drug-likeness (QED) is 0.111. The lowest BCUT2D eigenvalue weighted by molar-refractivity contribution is 0.0774. The molecular weight excluding hydrogens is 749 g/mol. The van der Waals surface area contributed by atoms with E-state index in [4.69, 9.17) is 0 Å². The van der Waals surface area contributed by atoms with Gasteiger partial charge in [-0.3, -0.25) is 0 Å². The lowest BCUT2D eigenvalue weighted by atomic mass is 9.46. The van der Waals surface area contributed by atoms with E-state index in [1.54, 1.807) is 0 Å². The standard InChI is InChI=1S/C57H50O4/c1-56(45-27-31-53(60)49(37-45)41-21-11-4-12-22-41,46-28-32-54(61)50(38-46)42-23-13-5-14-24-42)57(33-15-6-16-34-57)55(43-25-29-51(58)47(35-43)39-17-7-2-8-18-39)44-26-30-52(59)48(36-44)40-19-9-3-10-20-40/h2-5,7-14,17-32,35-38,55,58-61H,6,15-16,33-34H2,1H3. The third-order valence-corrected chi connectivity index (χ3v) is 13.5. The van der Waals surface area contributed by atoms with Crippen LogP contribution in [0.1, 0.15) is 67.2 Å². The van der Waals surface area contributed by atoms with Crippen molar-refractivity contribution in [3.63, 3.8) is 0 Å². The van der Waals surface area contributed by atoms with Crippen LogP contribution >= 0.6 is 0 Å². The molecule has 0 amide bonds. The Hall–Kier alpha value is -7.04. The second kappa shape index (κ2) is 16.5. The minimum absolute atomic E-state index is 0.208. The van der Waals surface area contributed by atoms with Crippen LogP contribution in [0.4, 0.5) is 0 Å². The zero-order valence-corrected chi connectivity index (χ0v) is 34.4. The van der Waals surface area contributed by atoms with E-state index in [-0.39, 0.29) is 28.9 Å². The first-order valence-corrected chi connectivity index (χ1v) is 21.3. The molecule has 0 saturated heterocycles. The Morgan fingerprint density at radius 3 is 1.03 bits per heavy atom. The molecule has 0 bridgehead atoms. The molecule has 4 heteroatoms. The minimum atomic E-state index is -0.748. The Morgan fingerprint density at radius 1 is 0.377 bits per heavy atom. The van der Waals surface area contributed by atoms with Gasteiger partial charge in [0.05, 0.1) is 0 Å². The summed E-state index contributed by atoms with van der Waals surface area (Å²) in [6.45, 7) is 2.37. The number of rotatable bonds is 10. The SMILES string of the molecule is CC(c1ccc(O)c(-c2ccccc2)c1)(c1ccc(O)c(-c2ccccc2)c1)C1(C(c2ccc(O)c(-c3ccccc3)c2)c2ccc(O)c(-c3ccccc3)c2)CCCCC1. The van der Waals surface area contributed by atoms with Gasteiger partial charge in [0.25, 0.3) is 0 Å². The fraction of sp³-hybridized carbons (Fsp3) is 0.158. The van der Waals surface area contributed by atoms with Gasteiger partial charge >= 0.3 is 0 Å². The molecule has 8 aromatic carbocycles. The summed E-state index contributed by atoms with van der Waals surface area (Å²) in [6.07, 6.45) is 4.80. The van der Waals surface area contributed by atoms with Gasteiger partial charge in [-0.25, -0.2) is 0 Å². The van der Waals surface area contributed by atoms with E-state index in [0.29, 0.717) is 0 Å². The number of benzene rings is 8. The largest absolute Gasteiger partial charge is 0.507 e. The number of hydrogen-bond donors (Lipinski definition) is 4. The van der Waals surface area contributed by atoms with E-state index in [9.17, 15) is 20.4 Å². The van der Waals surface area contributed by atoms with E-state index in [1.807, 2.05) is 146 Å². The van der Waals surface area contributed by atoms with Crippen molar-refractivity contribution in [1.82, 2.24) is 0 Å². The maximum Gasteiger partial charge on any atom is 0.123 e. The molecule has 0 aliphatic heterocycles. The summed E-state index contributed by atoms with van der Waals surface area (Å²) in [6, 6.07) is 64.5. The van der Waals surface area contributed by atoms with Gasteiger partial charge in [0.15, 0.2) is 0 Å². The highest BCUT2D eigenvalue weighted by Crippen LogP contribution is 2.64. The molecule has 1 aliphatic rings. The van der Waals surface area contributed by atoms with Crippen LogP contribution in [0.25, 0.3) is 44.5 Å². The monoisotopic (exact) mass is 798 g/mol. The van der Waals surface area contributed by atoms with Crippen molar-refractivity contribution < 1.29 is 20.4 Å². The maximum atomic E-state index is 11.5. The lowest BCUT2D eigenvalue weighted by Crippen LogP contribution is -2.50. The van der Waals surface area contributed by atoms with E-state index in [0.717, 1.165) is 98.9 Å².